The second-order valence-corrected chi connectivity index (χ2v) is 11.9. The van der Waals surface area contributed by atoms with Gasteiger partial charge < -0.3 is 38.5 Å². The van der Waals surface area contributed by atoms with E-state index in [1.165, 1.54) is 17.7 Å². The predicted octanol–water partition coefficient (Wildman–Crippen LogP) is 2.62. The van der Waals surface area contributed by atoms with E-state index in [9.17, 15) is 33.6 Å². The van der Waals surface area contributed by atoms with Crippen LogP contribution in [0.3, 0.4) is 0 Å². The molecule has 48 heavy (non-hydrogen) atoms. The van der Waals surface area contributed by atoms with Crippen molar-refractivity contribution in [2.45, 2.75) is 84.2 Å². The molecular formula is C30H34BrClN2O14. The van der Waals surface area contributed by atoms with Gasteiger partial charge in [0.1, 0.15) is 18.8 Å². The second-order valence-electron chi connectivity index (χ2n) is 10.7. The highest BCUT2D eigenvalue weighted by molar-refractivity contribution is 9.10. The Morgan fingerprint density at radius 2 is 1.65 bits per heavy atom. The van der Waals surface area contributed by atoms with Crippen LogP contribution in [0.15, 0.2) is 22.8 Å². The molecule has 0 bridgehead atoms. The number of nitrogens with zero attached hydrogens (tertiary/aromatic N) is 1. The number of hydrogen-bond acceptors (Lipinski definition) is 14. The molecule has 0 spiro atoms. The molecular weight excluding hydrogens is 728 g/mol. The first kappa shape index (κ1) is 38.2. The highest BCUT2D eigenvalue weighted by Crippen LogP contribution is 2.43. The molecule has 1 fully saturated rings. The van der Waals surface area contributed by atoms with Crippen molar-refractivity contribution >= 4 is 80.1 Å². The lowest BCUT2D eigenvalue weighted by Gasteiger charge is -2.48. The molecule has 16 nitrogen and oxygen atoms in total. The number of carbonyl (C=O) groups excluding carboxylic acids is 7. The molecule has 1 saturated heterocycles. The van der Waals surface area contributed by atoms with E-state index in [2.05, 4.69) is 21.2 Å². The Labute approximate surface area is 287 Å². The molecule has 1 aliphatic rings. The van der Waals surface area contributed by atoms with Crippen molar-refractivity contribution in [3.8, 4) is 5.75 Å². The predicted molar refractivity (Wildman–Crippen MR) is 167 cm³/mol. The zero-order chi connectivity index (χ0) is 36.1. The fraction of sp³-hybridized carbons (Fsp3) is 0.500. The van der Waals surface area contributed by atoms with Crippen LogP contribution in [0.1, 0.15) is 52.8 Å². The van der Waals surface area contributed by atoms with Gasteiger partial charge in [0, 0.05) is 46.0 Å². The number of benzene rings is 1. The number of rotatable bonds is 11. The molecule has 262 valence electrons. The molecule has 0 saturated carbocycles. The number of methoxy groups -OCH3 is 1. The van der Waals surface area contributed by atoms with Crippen molar-refractivity contribution in [3.05, 3.63) is 27.8 Å². The van der Waals surface area contributed by atoms with Crippen molar-refractivity contribution in [1.29, 1.82) is 0 Å². The third-order valence-electron chi connectivity index (χ3n) is 6.93. The third-order valence-corrected chi connectivity index (χ3v) is 8.22. The number of hydrogen-bond donors (Lipinski definition) is 1. The van der Waals surface area contributed by atoms with E-state index in [-0.39, 0.29) is 16.2 Å². The van der Waals surface area contributed by atoms with E-state index in [1.807, 2.05) is 0 Å². The maximum absolute atomic E-state index is 13.8. The van der Waals surface area contributed by atoms with Crippen LogP contribution in [0, 0.1) is 0 Å². The number of nitrogens with one attached hydrogen (secondary N) is 1. The monoisotopic (exact) mass is 760 g/mol. The molecule has 5 unspecified atom stereocenters. The van der Waals surface area contributed by atoms with Crippen LogP contribution in [0.4, 0.5) is 0 Å². The molecule has 0 aliphatic carbocycles. The Bertz CT molecular complexity index is 1630. The van der Waals surface area contributed by atoms with Crippen LogP contribution >= 0.6 is 27.5 Å². The van der Waals surface area contributed by atoms with Gasteiger partial charge in [0.2, 0.25) is 11.8 Å². The van der Waals surface area contributed by atoms with E-state index < -0.39 is 90.9 Å². The standard InChI is InChI=1S/C30H34BrClN2O14/c1-13(35)33-26-21(44-16(4)38)10-30(29(41)42-7,47-22-11-34(14(2)36)20-9-8-19(31)25(32)24(20)22)48-28(26)27(46-18(6)40)23(45-17(5)39)12-43-15(3)37/h8-9,11,21,23,26-28H,10,12H2,1-7H3,(H,33,35)/t21?,23?,26?,27?,28?,30-/m1/s1. The molecule has 1 aromatic heterocycles. The van der Waals surface area contributed by atoms with Gasteiger partial charge in [-0.05, 0) is 28.1 Å². The first-order chi connectivity index (χ1) is 22.4. The van der Waals surface area contributed by atoms with Crippen molar-refractivity contribution in [1.82, 2.24) is 9.88 Å². The lowest BCUT2D eigenvalue weighted by atomic mass is 9.88. The molecule has 0 radical (unpaired) electrons. The quantitative estimate of drug-likeness (QED) is 0.259. The van der Waals surface area contributed by atoms with Crippen molar-refractivity contribution in [2.75, 3.05) is 13.7 Å². The number of fused-ring (bicyclic) bond motifs is 1. The van der Waals surface area contributed by atoms with Gasteiger partial charge in [-0.25, -0.2) is 4.79 Å². The van der Waals surface area contributed by atoms with Gasteiger partial charge in [-0.3, -0.25) is 33.3 Å². The Hall–Kier alpha value is -4.22. The number of esters is 5. The van der Waals surface area contributed by atoms with E-state index >= 15 is 0 Å². The van der Waals surface area contributed by atoms with Crippen LogP contribution < -0.4 is 10.1 Å². The molecule has 6 atom stereocenters. The van der Waals surface area contributed by atoms with Gasteiger partial charge in [0.25, 0.3) is 0 Å². The summed E-state index contributed by atoms with van der Waals surface area (Å²) in [7, 11) is 1.01. The summed E-state index contributed by atoms with van der Waals surface area (Å²) in [6.45, 7) is 5.95. The average Bonchev–Trinajstić information content (AvgIpc) is 3.34. The first-order valence-electron chi connectivity index (χ1n) is 14.3. The van der Waals surface area contributed by atoms with E-state index in [4.69, 9.17) is 44.8 Å². The Kier molecular flexibility index (Phi) is 12.6. The topological polar surface area (TPSA) is 201 Å². The second kappa shape index (κ2) is 15.8. The minimum absolute atomic E-state index is 0.0941. The number of carbonyl (C=O) groups is 7. The lowest BCUT2D eigenvalue weighted by Crippen LogP contribution is -2.70. The maximum atomic E-state index is 13.8. The Morgan fingerprint density at radius 1 is 1.00 bits per heavy atom. The molecule has 1 amide bonds. The zero-order valence-corrected chi connectivity index (χ0v) is 29.3. The first-order valence-corrected chi connectivity index (χ1v) is 15.4. The SMILES string of the molecule is COC(=O)[C@@]1(Oc2cn(C(C)=O)c3ccc(Br)c(Cl)c23)CC(OC(C)=O)C(NC(C)=O)C(C(OC(C)=O)C(COC(C)=O)OC(C)=O)O1. The maximum Gasteiger partial charge on any atom is 0.379 e. The van der Waals surface area contributed by atoms with Crippen molar-refractivity contribution < 1.29 is 66.7 Å². The summed E-state index contributed by atoms with van der Waals surface area (Å²) in [5.41, 5.74) is 0.292. The normalized spacial score (nSPS) is 21.6. The van der Waals surface area contributed by atoms with Gasteiger partial charge in [0.05, 0.1) is 41.7 Å². The van der Waals surface area contributed by atoms with Crippen LogP contribution in [0.2, 0.25) is 5.02 Å². The minimum atomic E-state index is -2.57. The minimum Gasteiger partial charge on any atom is -0.464 e. The summed E-state index contributed by atoms with van der Waals surface area (Å²) in [6, 6.07) is 1.76. The van der Waals surface area contributed by atoms with Gasteiger partial charge in [0.15, 0.2) is 18.0 Å². The van der Waals surface area contributed by atoms with Gasteiger partial charge in [-0.15, -0.1) is 0 Å². The molecule has 18 heteroatoms. The molecule has 2 heterocycles. The number of halogens is 2. The van der Waals surface area contributed by atoms with Crippen LogP contribution in [0.5, 0.6) is 5.75 Å². The molecule has 3 rings (SSSR count). The largest absolute Gasteiger partial charge is 0.464 e. The zero-order valence-electron chi connectivity index (χ0n) is 27.0. The number of amides is 1. The summed E-state index contributed by atoms with van der Waals surface area (Å²) in [5.74, 6) is -8.49. The van der Waals surface area contributed by atoms with Gasteiger partial charge >= 0.3 is 35.6 Å². The van der Waals surface area contributed by atoms with Crippen LogP contribution in [0.25, 0.3) is 10.9 Å². The molecule has 1 aliphatic heterocycles. The average molecular weight is 762 g/mol. The fourth-order valence-corrected chi connectivity index (χ4v) is 5.83. The Balaban J connectivity index is 2.35. The lowest BCUT2D eigenvalue weighted by molar-refractivity contribution is -0.289. The third kappa shape index (κ3) is 8.82. The Morgan fingerprint density at radius 3 is 2.17 bits per heavy atom. The highest BCUT2D eigenvalue weighted by Gasteiger charge is 2.60. The van der Waals surface area contributed by atoms with Crippen molar-refractivity contribution in [2.24, 2.45) is 0 Å². The molecule has 2 aromatic rings. The van der Waals surface area contributed by atoms with Crippen LogP contribution in [-0.2, 0) is 57.2 Å². The summed E-state index contributed by atoms with van der Waals surface area (Å²) >= 11 is 9.95. The fourth-order valence-electron chi connectivity index (χ4n) is 5.25. The van der Waals surface area contributed by atoms with Crippen LogP contribution in [-0.4, -0.2) is 96.2 Å². The summed E-state index contributed by atoms with van der Waals surface area (Å²) in [5, 5.41) is 2.84. The highest BCUT2D eigenvalue weighted by atomic mass is 79.9. The summed E-state index contributed by atoms with van der Waals surface area (Å²) in [4.78, 5) is 87.6. The van der Waals surface area contributed by atoms with Gasteiger partial charge in [-0.1, -0.05) is 11.6 Å². The van der Waals surface area contributed by atoms with E-state index in [0.717, 1.165) is 41.7 Å². The van der Waals surface area contributed by atoms with E-state index in [0.29, 0.717) is 9.99 Å². The number of ether oxygens (including phenoxy) is 7. The summed E-state index contributed by atoms with van der Waals surface area (Å²) in [6.07, 6.45) is -5.91. The van der Waals surface area contributed by atoms with Gasteiger partial charge in [-0.2, -0.15) is 0 Å². The number of aromatic nitrogens is 1. The smallest absolute Gasteiger partial charge is 0.379 e. The van der Waals surface area contributed by atoms with E-state index in [1.54, 1.807) is 12.1 Å². The summed E-state index contributed by atoms with van der Waals surface area (Å²) < 4.78 is 40.8. The molecule has 1 aromatic carbocycles. The molecule has 1 N–H and O–H groups in total. The van der Waals surface area contributed by atoms with Crippen molar-refractivity contribution in [3.63, 3.8) is 0 Å².